The molecular weight excluding hydrogens is 268 g/mol. The lowest BCUT2D eigenvalue weighted by Gasteiger charge is -2.28. The van der Waals surface area contributed by atoms with Crippen LogP contribution in [0.15, 0.2) is 12.2 Å². The van der Waals surface area contributed by atoms with Gasteiger partial charge >= 0.3 is 11.9 Å². The minimum Gasteiger partial charge on any atom is -0.481 e. The Bertz CT molecular complexity index is 362. The van der Waals surface area contributed by atoms with Gasteiger partial charge in [-0.1, -0.05) is 58.1 Å². The number of aliphatic carboxylic acids is 1. The first kappa shape index (κ1) is 17.7. The van der Waals surface area contributed by atoms with Crippen molar-refractivity contribution in [3.05, 3.63) is 12.2 Å². The Kier molecular flexibility index (Phi) is 8.09. The number of rotatable bonds is 9. The van der Waals surface area contributed by atoms with Gasteiger partial charge in [0.25, 0.3) is 0 Å². The molecule has 1 rings (SSSR count). The summed E-state index contributed by atoms with van der Waals surface area (Å²) in [6, 6.07) is 0. The van der Waals surface area contributed by atoms with Gasteiger partial charge in [-0.05, 0) is 18.8 Å². The number of hydrogen-bond donors (Lipinski definition) is 1. The molecule has 0 saturated carbocycles. The number of esters is 1. The number of hydrogen-bond acceptors (Lipinski definition) is 3. The van der Waals surface area contributed by atoms with Crippen LogP contribution in [0.5, 0.6) is 0 Å². The molecule has 0 aromatic heterocycles. The van der Waals surface area contributed by atoms with Gasteiger partial charge in [-0.25, -0.2) is 0 Å². The third-order valence-electron chi connectivity index (χ3n) is 4.16. The zero-order valence-electron chi connectivity index (χ0n) is 13.2. The minimum absolute atomic E-state index is 0.122. The molecule has 0 bridgehead atoms. The molecule has 0 aromatic carbocycles. The monoisotopic (exact) mass is 296 g/mol. The van der Waals surface area contributed by atoms with Crippen LogP contribution >= 0.6 is 0 Å². The fourth-order valence-electron chi connectivity index (χ4n) is 2.87. The predicted octanol–water partition coefficient (Wildman–Crippen LogP) is 3.80. The third-order valence-corrected chi connectivity index (χ3v) is 4.16. The minimum atomic E-state index is -0.909. The normalized spacial score (nSPS) is 24.8. The topological polar surface area (TPSA) is 63.6 Å². The number of allylic oxidation sites excluding steroid dienone is 2. The van der Waals surface area contributed by atoms with Crippen molar-refractivity contribution >= 4 is 11.9 Å². The molecule has 0 heterocycles. The highest BCUT2D eigenvalue weighted by Gasteiger charge is 2.39. The van der Waals surface area contributed by atoms with E-state index < -0.39 is 17.8 Å². The van der Waals surface area contributed by atoms with E-state index in [1.807, 2.05) is 19.1 Å². The van der Waals surface area contributed by atoms with Crippen molar-refractivity contribution in [3.8, 4) is 0 Å². The van der Waals surface area contributed by atoms with Crippen LogP contribution in [0.25, 0.3) is 0 Å². The highest BCUT2D eigenvalue weighted by atomic mass is 16.5. The molecule has 0 aromatic rings. The Morgan fingerprint density at radius 1 is 1.19 bits per heavy atom. The molecule has 0 saturated heterocycles. The zero-order valence-corrected chi connectivity index (χ0v) is 13.2. The van der Waals surface area contributed by atoms with Gasteiger partial charge in [0.05, 0.1) is 18.4 Å². The molecular formula is C17H28O4. The highest BCUT2D eigenvalue weighted by molar-refractivity contribution is 5.82. The second-order valence-electron chi connectivity index (χ2n) is 5.93. The van der Waals surface area contributed by atoms with Crippen LogP contribution in [0.4, 0.5) is 0 Å². The van der Waals surface area contributed by atoms with Crippen LogP contribution in [0.1, 0.15) is 58.8 Å². The van der Waals surface area contributed by atoms with E-state index in [0.717, 1.165) is 12.8 Å². The van der Waals surface area contributed by atoms with Gasteiger partial charge < -0.3 is 9.84 Å². The van der Waals surface area contributed by atoms with Crippen molar-refractivity contribution in [1.82, 2.24) is 0 Å². The SMILES string of the molecule is CCCCCCCCOC(=O)C1CC=CC(C)C1C(=O)O. The molecule has 1 N–H and O–H groups in total. The first-order chi connectivity index (χ1) is 10.1. The van der Waals surface area contributed by atoms with Gasteiger partial charge in [0, 0.05) is 0 Å². The van der Waals surface area contributed by atoms with Crippen LogP contribution < -0.4 is 0 Å². The van der Waals surface area contributed by atoms with E-state index in [2.05, 4.69) is 6.92 Å². The molecule has 1 aliphatic rings. The van der Waals surface area contributed by atoms with Gasteiger partial charge in [0.1, 0.15) is 0 Å². The molecule has 4 nitrogen and oxygen atoms in total. The molecule has 21 heavy (non-hydrogen) atoms. The van der Waals surface area contributed by atoms with Crippen molar-refractivity contribution in [3.63, 3.8) is 0 Å². The van der Waals surface area contributed by atoms with Crippen LogP contribution in [0.2, 0.25) is 0 Å². The summed E-state index contributed by atoms with van der Waals surface area (Å²) in [5.41, 5.74) is 0. The van der Waals surface area contributed by atoms with Crippen molar-refractivity contribution < 1.29 is 19.4 Å². The summed E-state index contributed by atoms with van der Waals surface area (Å²) in [6.45, 7) is 4.43. The van der Waals surface area contributed by atoms with Crippen molar-refractivity contribution in [2.24, 2.45) is 17.8 Å². The average Bonchev–Trinajstić information content (AvgIpc) is 2.45. The maximum atomic E-state index is 12.1. The van der Waals surface area contributed by atoms with E-state index in [9.17, 15) is 14.7 Å². The summed E-state index contributed by atoms with van der Waals surface area (Å²) in [5.74, 6) is -2.59. The Morgan fingerprint density at radius 3 is 2.52 bits per heavy atom. The fraction of sp³-hybridized carbons (Fsp3) is 0.765. The molecule has 0 radical (unpaired) electrons. The average molecular weight is 296 g/mol. The molecule has 3 unspecified atom stereocenters. The summed E-state index contributed by atoms with van der Waals surface area (Å²) in [5, 5.41) is 9.28. The molecule has 3 atom stereocenters. The number of unbranched alkanes of at least 4 members (excludes halogenated alkanes) is 5. The van der Waals surface area contributed by atoms with E-state index >= 15 is 0 Å². The van der Waals surface area contributed by atoms with Crippen LogP contribution in [-0.4, -0.2) is 23.7 Å². The molecule has 1 aliphatic carbocycles. The maximum Gasteiger partial charge on any atom is 0.310 e. The van der Waals surface area contributed by atoms with Crippen LogP contribution in [-0.2, 0) is 14.3 Å². The lowest BCUT2D eigenvalue weighted by atomic mass is 9.76. The van der Waals surface area contributed by atoms with Gasteiger partial charge in [-0.15, -0.1) is 0 Å². The quantitative estimate of drug-likeness (QED) is 0.399. The number of carbonyl (C=O) groups is 2. The predicted molar refractivity (Wildman–Crippen MR) is 81.9 cm³/mol. The Hall–Kier alpha value is -1.32. The molecule has 0 spiro atoms. The van der Waals surface area contributed by atoms with Gasteiger partial charge in [0.15, 0.2) is 0 Å². The standard InChI is InChI=1S/C17H28O4/c1-3-4-5-6-7-8-12-21-17(20)14-11-9-10-13(2)15(14)16(18)19/h9-10,13-15H,3-8,11-12H2,1-2H3,(H,18,19). The summed E-state index contributed by atoms with van der Waals surface area (Å²) in [4.78, 5) is 23.4. The van der Waals surface area contributed by atoms with E-state index in [1.165, 1.54) is 25.7 Å². The van der Waals surface area contributed by atoms with Crippen LogP contribution in [0, 0.1) is 17.8 Å². The van der Waals surface area contributed by atoms with Crippen LogP contribution in [0.3, 0.4) is 0 Å². The Labute approximate surface area is 127 Å². The van der Waals surface area contributed by atoms with E-state index in [0.29, 0.717) is 13.0 Å². The molecule has 0 amide bonds. The number of carboxylic acids is 1. The van der Waals surface area contributed by atoms with Gasteiger partial charge in [-0.3, -0.25) is 9.59 Å². The summed E-state index contributed by atoms with van der Waals surface area (Å²) < 4.78 is 5.28. The Balaban J connectivity index is 2.30. The molecule has 0 aliphatic heterocycles. The summed E-state index contributed by atoms with van der Waals surface area (Å²) >= 11 is 0. The van der Waals surface area contributed by atoms with Crippen molar-refractivity contribution in [2.45, 2.75) is 58.8 Å². The number of carbonyl (C=O) groups excluding carboxylic acids is 1. The maximum absolute atomic E-state index is 12.1. The number of carboxylic acid groups (broad SMARTS) is 1. The smallest absolute Gasteiger partial charge is 0.310 e. The summed E-state index contributed by atoms with van der Waals surface area (Å²) in [6.07, 6.45) is 11.0. The highest BCUT2D eigenvalue weighted by Crippen LogP contribution is 2.31. The van der Waals surface area contributed by atoms with E-state index in [4.69, 9.17) is 4.74 Å². The molecule has 4 heteroatoms. The largest absolute Gasteiger partial charge is 0.481 e. The second kappa shape index (κ2) is 9.59. The third kappa shape index (κ3) is 5.90. The zero-order chi connectivity index (χ0) is 15.7. The molecule has 120 valence electrons. The first-order valence-corrected chi connectivity index (χ1v) is 8.14. The first-order valence-electron chi connectivity index (χ1n) is 8.14. The Morgan fingerprint density at radius 2 is 1.86 bits per heavy atom. The molecule has 0 fully saturated rings. The lowest BCUT2D eigenvalue weighted by Crippen LogP contribution is -2.36. The van der Waals surface area contributed by atoms with Crippen molar-refractivity contribution in [2.75, 3.05) is 6.61 Å². The lowest BCUT2D eigenvalue weighted by molar-refractivity contribution is -0.159. The second-order valence-corrected chi connectivity index (χ2v) is 5.93. The summed E-state index contributed by atoms with van der Waals surface area (Å²) in [7, 11) is 0. The fourth-order valence-corrected chi connectivity index (χ4v) is 2.87. The van der Waals surface area contributed by atoms with Crippen molar-refractivity contribution in [1.29, 1.82) is 0 Å². The van der Waals surface area contributed by atoms with E-state index in [1.54, 1.807) is 0 Å². The van der Waals surface area contributed by atoms with Gasteiger partial charge in [0.2, 0.25) is 0 Å². The van der Waals surface area contributed by atoms with Gasteiger partial charge in [-0.2, -0.15) is 0 Å². The van der Waals surface area contributed by atoms with E-state index in [-0.39, 0.29) is 11.9 Å². The number of ether oxygens (including phenoxy) is 1.